The average Bonchev–Trinajstić information content (AvgIpc) is 2.88. The molecule has 8 heteroatoms. The third-order valence-corrected chi connectivity index (χ3v) is 4.93. The Bertz CT molecular complexity index is 976. The van der Waals surface area contributed by atoms with Crippen molar-refractivity contribution in [1.82, 2.24) is 4.90 Å². The first-order chi connectivity index (χ1) is 13.7. The molecule has 144 valence electrons. The van der Waals surface area contributed by atoms with Crippen molar-refractivity contribution in [3.63, 3.8) is 0 Å². The molecule has 1 atom stereocenters. The molecule has 2 aromatic carbocycles. The number of morpholine rings is 1. The molecule has 1 saturated heterocycles. The van der Waals surface area contributed by atoms with Crippen LogP contribution in [0.2, 0.25) is 5.02 Å². The van der Waals surface area contributed by atoms with E-state index in [2.05, 4.69) is 10.1 Å². The fourth-order valence-corrected chi connectivity index (χ4v) is 3.51. The minimum absolute atomic E-state index is 0.269. The van der Waals surface area contributed by atoms with Gasteiger partial charge < -0.3 is 14.8 Å². The molecule has 2 aliphatic rings. The molecule has 4 rings (SSSR count). The summed E-state index contributed by atoms with van der Waals surface area (Å²) < 4.78 is 20.3. The molecule has 28 heavy (non-hydrogen) atoms. The Labute approximate surface area is 166 Å². The zero-order valence-corrected chi connectivity index (χ0v) is 15.7. The average molecular weight is 401 g/mol. The number of halogens is 2. The third kappa shape index (κ3) is 3.76. The zero-order valence-electron chi connectivity index (χ0n) is 14.9. The van der Waals surface area contributed by atoms with E-state index in [0.29, 0.717) is 47.2 Å². The predicted octanol–water partition coefficient (Wildman–Crippen LogP) is 3.52. The normalized spacial score (nSPS) is 19.8. The van der Waals surface area contributed by atoms with Crippen molar-refractivity contribution >= 4 is 35.1 Å². The molecule has 2 aromatic rings. The highest BCUT2D eigenvalue weighted by Gasteiger charge is 2.27. The van der Waals surface area contributed by atoms with Crippen molar-refractivity contribution in [3.8, 4) is 0 Å². The van der Waals surface area contributed by atoms with Crippen molar-refractivity contribution in [2.45, 2.75) is 6.10 Å². The largest absolute Gasteiger partial charge is 0.410 e. The Hall–Kier alpha value is -2.77. The summed E-state index contributed by atoms with van der Waals surface area (Å²) in [4.78, 5) is 11.3. The molecule has 0 aliphatic carbocycles. The number of rotatable bonds is 3. The van der Waals surface area contributed by atoms with Crippen molar-refractivity contribution in [2.75, 3.05) is 26.2 Å². The molecule has 1 fully saturated rings. The molecule has 1 unspecified atom stereocenters. The van der Waals surface area contributed by atoms with Crippen LogP contribution in [-0.4, -0.2) is 60.2 Å². The lowest BCUT2D eigenvalue weighted by Gasteiger charge is -2.31. The van der Waals surface area contributed by atoms with E-state index < -0.39 is 0 Å². The molecular weight excluding hydrogens is 383 g/mol. The Morgan fingerprint density at radius 3 is 2.93 bits per heavy atom. The summed E-state index contributed by atoms with van der Waals surface area (Å²) in [7, 11) is 0. The minimum atomic E-state index is -0.352. The second-order valence-electron chi connectivity index (χ2n) is 6.49. The SMILES string of the molecule is ON=CN1CCOC(C2=Nc3ccc(Cl)cc3C(c3ccccc3F)=NC2)C1. The van der Waals surface area contributed by atoms with Crippen LogP contribution in [0.5, 0.6) is 0 Å². The number of aliphatic imine (C=N–C) groups is 2. The molecule has 2 heterocycles. The third-order valence-electron chi connectivity index (χ3n) is 4.69. The lowest BCUT2D eigenvalue weighted by Crippen LogP contribution is -2.46. The van der Waals surface area contributed by atoms with Gasteiger partial charge in [0.2, 0.25) is 0 Å². The second-order valence-corrected chi connectivity index (χ2v) is 6.93. The first kappa shape index (κ1) is 18.6. The van der Waals surface area contributed by atoms with Gasteiger partial charge in [0.25, 0.3) is 0 Å². The van der Waals surface area contributed by atoms with Crippen LogP contribution in [-0.2, 0) is 4.74 Å². The Kier molecular flexibility index (Phi) is 5.36. The molecule has 6 nitrogen and oxygen atoms in total. The lowest BCUT2D eigenvalue weighted by molar-refractivity contribution is 0.0336. The van der Waals surface area contributed by atoms with Crippen LogP contribution in [0.3, 0.4) is 0 Å². The van der Waals surface area contributed by atoms with E-state index in [0.717, 1.165) is 5.71 Å². The monoisotopic (exact) mass is 400 g/mol. The molecule has 0 bridgehead atoms. The van der Waals surface area contributed by atoms with E-state index in [1.807, 2.05) is 4.90 Å². The van der Waals surface area contributed by atoms with Gasteiger partial charge in [-0.05, 0) is 30.3 Å². The highest BCUT2D eigenvalue weighted by atomic mass is 35.5. The van der Waals surface area contributed by atoms with Crippen molar-refractivity contribution < 1.29 is 14.3 Å². The van der Waals surface area contributed by atoms with Gasteiger partial charge in [-0.3, -0.25) is 9.98 Å². The van der Waals surface area contributed by atoms with Crippen LogP contribution < -0.4 is 0 Å². The number of hydrogen-bond donors (Lipinski definition) is 1. The van der Waals surface area contributed by atoms with Gasteiger partial charge in [-0.25, -0.2) is 4.39 Å². The fourth-order valence-electron chi connectivity index (χ4n) is 3.34. The Morgan fingerprint density at radius 1 is 1.25 bits per heavy atom. The first-order valence-electron chi connectivity index (χ1n) is 8.85. The van der Waals surface area contributed by atoms with Gasteiger partial charge in [-0.15, -0.1) is 0 Å². The number of oxime groups is 1. The number of nitrogens with zero attached hydrogens (tertiary/aromatic N) is 4. The van der Waals surface area contributed by atoms with Gasteiger partial charge in [-0.2, -0.15) is 0 Å². The summed E-state index contributed by atoms with van der Waals surface area (Å²) in [5.74, 6) is -0.352. The molecule has 1 N–H and O–H groups in total. The molecule has 0 radical (unpaired) electrons. The van der Waals surface area contributed by atoms with Gasteiger partial charge in [0, 0.05) is 22.7 Å². The van der Waals surface area contributed by atoms with E-state index >= 15 is 0 Å². The van der Waals surface area contributed by atoms with E-state index in [9.17, 15) is 4.39 Å². The maximum atomic E-state index is 14.5. The molecule has 0 aromatic heterocycles. The smallest absolute Gasteiger partial charge is 0.132 e. The lowest BCUT2D eigenvalue weighted by atomic mass is 10.0. The number of benzene rings is 2. The van der Waals surface area contributed by atoms with Crippen molar-refractivity contribution in [1.29, 1.82) is 0 Å². The van der Waals surface area contributed by atoms with Crippen LogP contribution >= 0.6 is 11.6 Å². The van der Waals surface area contributed by atoms with E-state index in [-0.39, 0.29) is 18.5 Å². The second kappa shape index (κ2) is 8.08. The van der Waals surface area contributed by atoms with Gasteiger partial charge in [0.1, 0.15) is 18.3 Å². The highest BCUT2D eigenvalue weighted by molar-refractivity contribution is 6.31. The standard InChI is InChI=1S/C20H18ClFN4O2/c21-13-5-6-17-15(9-13)20(14-3-1-2-4-16(14)22)23-10-18(25-17)19-11-26(12-24-27)7-8-28-19/h1-6,9,12,19,27H,7-8,10-11H2. The van der Waals surface area contributed by atoms with E-state index in [1.54, 1.807) is 36.4 Å². The van der Waals surface area contributed by atoms with Gasteiger partial charge >= 0.3 is 0 Å². The van der Waals surface area contributed by atoms with Crippen molar-refractivity contribution in [3.05, 3.63) is 64.4 Å². The van der Waals surface area contributed by atoms with Gasteiger partial charge in [0.15, 0.2) is 0 Å². The minimum Gasteiger partial charge on any atom is -0.410 e. The van der Waals surface area contributed by atoms with Crippen LogP contribution in [0.4, 0.5) is 10.1 Å². The van der Waals surface area contributed by atoms with Gasteiger partial charge in [-0.1, -0.05) is 28.9 Å². The highest BCUT2D eigenvalue weighted by Crippen LogP contribution is 2.30. The zero-order chi connectivity index (χ0) is 19.5. The molecule has 2 aliphatic heterocycles. The maximum absolute atomic E-state index is 14.5. The summed E-state index contributed by atoms with van der Waals surface area (Å²) in [6.45, 7) is 1.87. The van der Waals surface area contributed by atoms with Crippen LogP contribution in [0, 0.1) is 5.82 Å². The molecule has 0 spiro atoms. The van der Waals surface area contributed by atoms with Crippen molar-refractivity contribution in [2.24, 2.45) is 15.1 Å². The summed E-state index contributed by atoms with van der Waals surface area (Å²) in [5, 5.41) is 12.4. The molecule has 0 saturated carbocycles. The summed E-state index contributed by atoms with van der Waals surface area (Å²) in [6.07, 6.45) is 1.06. The Morgan fingerprint density at radius 2 is 2.11 bits per heavy atom. The number of ether oxygens (including phenoxy) is 1. The van der Waals surface area contributed by atoms with Crippen LogP contribution in [0.15, 0.2) is 57.6 Å². The van der Waals surface area contributed by atoms with Gasteiger partial charge in [0.05, 0.1) is 36.8 Å². The van der Waals surface area contributed by atoms with E-state index in [4.69, 9.17) is 26.5 Å². The quantitative estimate of drug-likeness (QED) is 0.371. The maximum Gasteiger partial charge on any atom is 0.132 e. The number of fused-ring (bicyclic) bond motifs is 1. The first-order valence-corrected chi connectivity index (χ1v) is 9.23. The number of hydrogen-bond acceptors (Lipinski definition) is 5. The Balaban J connectivity index is 1.75. The summed E-state index contributed by atoms with van der Waals surface area (Å²) in [5.41, 5.74) is 2.98. The topological polar surface area (TPSA) is 69.8 Å². The molecular formula is C20H18ClFN4O2. The molecule has 0 amide bonds. The fraction of sp³-hybridized carbons (Fsp3) is 0.250. The predicted molar refractivity (Wildman–Crippen MR) is 107 cm³/mol. The van der Waals surface area contributed by atoms with Crippen LogP contribution in [0.25, 0.3) is 0 Å². The summed E-state index contributed by atoms with van der Waals surface area (Å²) in [6, 6.07) is 11.8. The van der Waals surface area contributed by atoms with E-state index in [1.165, 1.54) is 12.4 Å². The summed E-state index contributed by atoms with van der Waals surface area (Å²) >= 11 is 6.19. The van der Waals surface area contributed by atoms with Crippen LogP contribution in [0.1, 0.15) is 11.1 Å².